The summed E-state index contributed by atoms with van der Waals surface area (Å²) in [5.41, 5.74) is 0. The average molecular weight is 297 g/mol. The Kier molecular flexibility index (Phi) is 5.19. The molecule has 17 heavy (non-hydrogen) atoms. The summed E-state index contributed by atoms with van der Waals surface area (Å²) in [5.74, 6) is 0. The lowest BCUT2D eigenvalue weighted by molar-refractivity contribution is -0.661. The molecule has 1 aromatic heterocycles. The van der Waals surface area contributed by atoms with E-state index in [9.17, 15) is 8.42 Å². The Morgan fingerprint density at radius 2 is 1.94 bits per heavy atom. The molecule has 0 aromatic carbocycles. The Bertz CT molecular complexity index is 473. The van der Waals surface area contributed by atoms with Crippen LogP contribution in [0, 0.1) is 0 Å². The fourth-order valence-electron chi connectivity index (χ4n) is 1.93. The van der Waals surface area contributed by atoms with Crippen LogP contribution < -0.4 is 17.7 Å². The SMILES string of the molecule is O=S(=O)(c1cccc(Cl)n1)C1CC[NH2+]CC1.[Cl-]. The minimum absolute atomic E-state index is 0. The van der Waals surface area contributed by atoms with Gasteiger partial charge in [0.25, 0.3) is 0 Å². The standard InChI is InChI=1S/C10H13ClN2O2S.ClH/c11-9-2-1-3-10(13-9)16(14,15)8-4-6-12-7-5-8;/h1-3,8,12H,4-7H2;1H. The molecule has 0 atom stereocenters. The molecule has 96 valence electrons. The lowest BCUT2D eigenvalue weighted by Crippen LogP contribution is -3.00. The molecule has 1 aliphatic rings. The van der Waals surface area contributed by atoms with Gasteiger partial charge >= 0.3 is 0 Å². The maximum absolute atomic E-state index is 12.2. The van der Waals surface area contributed by atoms with Crippen molar-refractivity contribution in [3.8, 4) is 0 Å². The van der Waals surface area contributed by atoms with Crippen LogP contribution in [-0.4, -0.2) is 31.7 Å². The van der Waals surface area contributed by atoms with E-state index in [0.717, 1.165) is 13.1 Å². The molecule has 1 aliphatic heterocycles. The first-order valence-electron chi connectivity index (χ1n) is 5.29. The van der Waals surface area contributed by atoms with Crippen molar-refractivity contribution >= 4 is 21.4 Å². The molecule has 0 aliphatic carbocycles. The van der Waals surface area contributed by atoms with E-state index in [1.165, 1.54) is 6.07 Å². The van der Waals surface area contributed by atoms with Crippen molar-refractivity contribution in [1.82, 2.24) is 4.98 Å². The molecule has 0 saturated carbocycles. The van der Waals surface area contributed by atoms with Gasteiger partial charge in [0.2, 0.25) is 0 Å². The number of halogens is 2. The Labute approximate surface area is 112 Å². The number of piperidine rings is 1. The third-order valence-corrected chi connectivity index (χ3v) is 5.18. The van der Waals surface area contributed by atoms with Gasteiger partial charge in [-0.1, -0.05) is 17.7 Å². The van der Waals surface area contributed by atoms with E-state index in [1.807, 2.05) is 0 Å². The molecule has 1 aromatic rings. The van der Waals surface area contributed by atoms with Gasteiger partial charge in [-0.25, -0.2) is 13.4 Å². The van der Waals surface area contributed by atoms with Crippen LogP contribution in [0.2, 0.25) is 5.15 Å². The molecule has 0 radical (unpaired) electrons. The maximum atomic E-state index is 12.2. The highest BCUT2D eigenvalue weighted by atomic mass is 35.5. The molecule has 2 N–H and O–H groups in total. The molecule has 0 spiro atoms. The zero-order valence-corrected chi connectivity index (χ0v) is 11.5. The third kappa shape index (κ3) is 3.31. The second-order valence-electron chi connectivity index (χ2n) is 3.91. The molecule has 1 fully saturated rings. The van der Waals surface area contributed by atoms with E-state index in [-0.39, 0.29) is 27.8 Å². The van der Waals surface area contributed by atoms with Gasteiger partial charge in [0, 0.05) is 12.8 Å². The van der Waals surface area contributed by atoms with Crippen molar-refractivity contribution in [2.24, 2.45) is 0 Å². The number of rotatable bonds is 2. The lowest BCUT2D eigenvalue weighted by Gasteiger charge is -2.20. The van der Waals surface area contributed by atoms with Crippen LogP contribution in [0.4, 0.5) is 0 Å². The van der Waals surface area contributed by atoms with Crippen LogP contribution in [-0.2, 0) is 9.84 Å². The quantitative estimate of drug-likeness (QED) is 0.602. The zero-order chi connectivity index (χ0) is 11.6. The first-order chi connectivity index (χ1) is 7.60. The third-order valence-electron chi connectivity index (χ3n) is 2.81. The van der Waals surface area contributed by atoms with Gasteiger partial charge in [0.1, 0.15) is 5.15 Å². The summed E-state index contributed by atoms with van der Waals surface area (Å²) in [6.07, 6.45) is 1.38. The number of quaternary nitrogens is 1. The minimum atomic E-state index is -3.30. The molecule has 0 amide bonds. The van der Waals surface area contributed by atoms with Gasteiger partial charge in [-0.2, -0.15) is 0 Å². The number of hydrogen-bond acceptors (Lipinski definition) is 3. The molecular weight excluding hydrogens is 283 g/mol. The van der Waals surface area contributed by atoms with E-state index in [0.29, 0.717) is 12.8 Å². The van der Waals surface area contributed by atoms with E-state index in [4.69, 9.17) is 11.6 Å². The van der Waals surface area contributed by atoms with Gasteiger partial charge < -0.3 is 17.7 Å². The first kappa shape index (κ1) is 14.7. The number of sulfone groups is 1. The van der Waals surface area contributed by atoms with Gasteiger partial charge in [-0.15, -0.1) is 0 Å². The van der Waals surface area contributed by atoms with Crippen LogP contribution in [0.1, 0.15) is 12.8 Å². The fraction of sp³-hybridized carbons (Fsp3) is 0.500. The van der Waals surface area contributed by atoms with E-state index < -0.39 is 9.84 Å². The maximum Gasteiger partial charge on any atom is 0.198 e. The van der Waals surface area contributed by atoms with Gasteiger partial charge in [0.15, 0.2) is 14.9 Å². The Morgan fingerprint density at radius 1 is 1.29 bits per heavy atom. The molecule has 1 saturated heterocycles. The predicted molar refractivity (Wildman–Crippen MR) is 61.1 cm³/mol. The minimum Gasteiger partial charge on any atom is -1.00 e. The number of pyridine rings is 1. The second kappa shape index (κ2) is 6.00. The van der Waals surface area contributed by atoms with Gasteiger partial charge in [0.05, 0.1) is 18.3 Å². The van der Waals surface area contributed by atoms with Crippen LogP contribution in [0.5, 0.6) is 0 Å². The van der Waals surface area contributed by atoms with Crippen LogP contribution in [0.25, 0.3) is 0 Å². The number of nitrogens with zero attached hydrogens (tertiary/aromatic N) is 1. The van der Waals surface area contributed by atoms with Crippen molar-refractivity contribution in [2.45, 2.75) is 23.1 Å². The summed E-state index contributed by atoms with van der Waals surface area (Å²) in [6, 6.07) is 4.71. The number of aromatic nitrogens is 1. The summed E-state index contributed by atoms with van der Waals surface area (Å²) in [5, 5.41) is 2.16. The monoisotopic (exact) mass is 296 g/mol. The van der Waals surface area contributed by atoms with Crippen molar-refractivity contribution in [3.05, 3.63) is 23.4 Å². The summed E-state index contributed by atoms with van der Waals surface area (Å²) < 4.78 is 24.4. The van der Waals surface area contributed by atoms with E-state index >= 15 is 0 Å². The fourth-order valence-corrected chi connectivity index (χ4v) is 3.87. The van der Waals surface area contributed by atoms with Crippen molar-refractivity contribution in [3.63, 3.8) is 0 Å². The summed E-state index contributed by atoms with van der Waals surface area (Å²) in [4.78, 5) is 3.89. The van der Waals surface area contributed by atoms with Crippen LogP contribution in [0.3, 0.4) is 0 Å². The normalized spacial score (nSPS) is 17.5. The summed E-state index contributed by atoms with van der Waals surface area (Å²) in [7, 11) is -3.30. The summed E-state index contributed by atoms with van der Waals surface area (Å²) in [6.45, 7) is 1.73. The highest BCUT2D eigenvalue weighted by Crippen LogP contribution is 2.20. The predicted octanol–water partition coefficient (Wildman–Crippen LogP) is -2.76. The van der Waals surface area contributed by atoms with E-state index in [2.05, 4.69) is 10.3 Å². The molecule has 7 heteroatoms. The van der Waals surface area contributed by atoms with Crippen LogP contribution >= 0.6 is 11.6 Å². The number of nitrogens with two attached hydrogens (primary N) is 1. The lowest BCUT2D eigenvalue weighted by atomic mass is 10.2. The largest absolute Gasteiger partial charge is 1.00 e. The molecule has 4 nitrogen and oxygen atoms in total. The van der Waals surface area contributed by atoms with Crippen molar-refractivity contribution in [1.29, 1.82) is 0 Å². The molecule has 0 bridgehead atoms. The Balaban J connectivity index is 0.00000144. The summed E-state index contributed by atoms with van der Waals surface area (Å²) >= 11 is 5.71. The smallest absolute Gasteiger partial charge is 0.198 e. The Hall–Kier alpha value is -0.360. The van der Waals surface area contributed by atoms with Gasteiger partial charge in [-0.05, 0) is 12.1 Å². The van der Waals surface area contributed by atoms with E-state index in [1.54, 1.807) is 12.1 Å². The second-order valence-corrected chi connectivity index (χ2v) is 6.47. The zero-order valence-electron chi connectivity index (χ0n) is 9.14. The van der Waals surface area contributed by atoms with Crippen molar-refractivity contribution in [2.75, 3.05) is 13.1 Å². The highest BCUT2D eigenvalue weighted by Gasteiger charge is 2.31. The first-order valence-corrected chi connectivity index (χ1v) is 7.21. The highest BCUT2D eigenvalue weighted by molar-refractivity contribution is 7.92. The molecule has 2 rings (SSSR count). The van der Waals surface area contributed by atoms with Gasteiger partial charge in [-0.3, -0.25) is 0 Å². The van der Waals surface area contributed by atoms with Crippen molar-refractivity contribution < 1.29 is 26.1 Å². The molecule has 0 unspecified atom stereocenters. The molecular formula is C10H14Cl2N2O2S. The average Bonchev–Trinajstić information content (AvgIpc) is 2.30. The van der Waals surface area contributed by atoms with Crippen LogP contribution in [0.15, 0.2) is 23.2 Å². The molecule has 2 heterocycles. The Morgan fingerprint density at radius 3 is 2.53 bits per heavy atom. The topological polar surface area (TPSA) is 63.6 Å². The number of hydrogen-bond donors (Lipinski definition) is 1.